The number of amides is 2. The molecule has 0 aliphatic carbocycles. The van der Waals surface area contributed by atoms with Crippen molar-refractivity contribution in [2.75, 3.05) is 5.32 Å². The van der Waals surface area contributed by atoms with E-state index in [1.165, 1.54) is 0 Å². The Labute approximate surface area is 178 Å². The van der Waals surface area contributed by atoms with Crippen LogP contribution in [0.4, 0.5) is 5.69 Å². The predicted molar refractivity (Wildman–Crippen MR) is 117 cm³/mol. The SMILES string of the molecule is CC(Oc1ccc(C(=O)NCc2ccccc2)cc1)C(=O)Nc1ccc(Br)cc1. The van der Waals surface area contributed by atoms with Gasteiger partial charge in [-0.15, -0.1) is 0 Å². The molecule has 0 aromatic heterocycles. The number of ether oxygens (including phenoxy) is 1. The van der Waals surface area contributed by atoms with E-state index in [1.54, 1.807) is 43.3 Å². The van der Waals surface area contributed by atoms with Crippen LogP contribution in [0.1, 0.15) is 22.8 Å². The van der Waals surface area contributed by atoms with Crippen molar-refractivity contribution in [3.05, 3.63) is 94.5 Å². The maximum Gasteiger partial charge on any atom is 0.265 e. The van der Waals surface area contributed by atoms with Gasteiger partial charge in [-0.05, 0) is 61.0 Å². The molecular formula is C23H21BrN2O3. The van der Waals surface area contributed by atoms with Crippen LogP contribution in [0.15, 0.2) is 83.3 Å². The first-order chi connectivity index (χ1) is 14.0. The van der Waals surface area contributed by atoms with Gasteiger partial charge in [-0.3, -0.25) is 9.59 Å². The topological polar surface area (TPSA) is 67.4 Å². The smallest absolute Gasteiger partial charge is 0.265 e. The quantitative estimate of drug-likeness (QED) is 0.541. The Hall–Kier alpha value is -3.12. The predicted octanol–water partition coefficient (Wildman–Crippen LogP) is 4.79. The molecule has 5 nitrogen and oxygen atoms in total. The zero-order valence-electron chi connectivity index (χ0n) is 15.9. The van der Waals surface area contributed by atoms with Crippen molar-refractivity contribution in [1.82, 2.24) is 5.32 Å². The van der Waals surface area contributed by atoms with E-state index in [4.69, 9.17) is 4.74 Å². The summed E-state index contributed by atoms with van der Waals surface area (Å²) >= 11 is 3.36. The van der Waals surface area contributed by atoms with Crippen molar-refractivity contribution in [2.45, 2.75) is 19.6 Å². The molecule has 0 radical (unpaired) electrons. The number of hydrogen-bond acceptors (Lipinski definition) is 3. The van der Waals surface area contributed by atoms with Crippen LogP contribution in [0.5, 0.6) is 5.75 Å². The third-order valence-electron chi connectivity index (χ3n) is 4.21. The lowest BCUT2D eigenvalue weighted by molar-refractivity contribution is -0.122. The zero-order chi connectivity index (χ0) is 20.6. The maximum atomic E-state index is 12.3. The molecule has 0 heterocycles. The van der Waals surface area contributed by atoms with Gasteiger partial charge in [-0.25, -0.2) is 0 Å². The van der Waals surface area contributed by atoms with Crippen LogP contribution < -0.4 is 15.4 Å². The summed E-state index contributed by atoms with van der Waals surface area (Å²) in [6.07, 6.45) is -0.684. The molecule has 0 aliphatic heterocycles. The highest BCUT2D eigenvalue weighted by Gasteiger charge is 2.15. The van der Waals surface area contributed by atoms with Crippen molar-refractivity contribution < 1.29 is 14.3 Å². The Morgan fingerprint density at radius 1 is 0.931 bits per heavy atom. The number of carbonyl (C=O) groups is 2. The second-order valence-corrected chi connectivity index (χ2v) is 7.36. The number of carbonyl (C=O) groups excluding carboxylic acids is 2. The van der Waals surface area contributed by atoms with Gasteiger partial charge in [0.1, 0.15) is 5.75 Å². The van der Waals surface area contributed by atoms with Gasteiger partial charge in [-0.1, -0.05) is 46.3 Å². The van der Waals surface area contributed by atoms with Gasteiger partial charge in [0.2, 0.25) is 0 Å². The van der Waals surface area contributed by atoms with Crippen molar-refractivity contribution in [3.63, 3.8) is 0 Å². The fourth-order valence-corrected chi connectivity index (χ4v) is 2.86. The number of halogens is 1. The Bertz CT molecular complexity index is 958. The minimum Gasteiger partial charge on any atom is -0.481 e. The average molecular weight is 453 g/mol. The molecule has 0 bridgehead atoms. The van der Waals surface area contributed by atoms with Crippen molar-refractivity contribution >= 4 is 33.4 Å². The highest BCUT2D eigenvalue weighted by Crippen LogP contribution is 2.17. The maximum absolute atomic E-state index is 12.3. The molecule has 29 heavy (non-hydrogen) atoms. The summed E-state index contributed by atoms with van der Waals surface area (Å²) in [4.78, 5) is 24.6. The van der Waals surface area contributed by atoms with Gasteiger partial charge in [0.15, 0.2) is 6.10 Å². The lowest BCUT2D eigenvalue weighted by Crippen LogP contribution is -2.30. The number of benzene rings is 3. The first-order valence-corrected chi connectivity index (χ1v) is 9.96. The highest BCUT2D eigenvalue weighted by molar-refractivity contribution is 9.10. The Balaban J connectivity index is 1.51. The van der Waals surface area contributed by atoms with E-state index in [0.29, 0.717) is 23.5 Å². The molecule has 2 amide bonds. The molecule has 3 rings (SSSR count). The van der Waals surface area contributed by atoms with E-state index in [9.17, 15) is 9.59 Å². The monoisotopic (exact) mass is 452 g/mol. The van der Waals surface area contributed by atoms with Crippen LogP contribution >= 0.6 is 15.9 Å². The van der Waals surface area contributed by atoms with Gasteiger partial charge in [0, 0.05) is 22.3 Å². The van der Waals surface area contributed by atoms with Crippen molar-refractivity contribution in [1.29, 1.82) is 0 Å². The molecule has 1 unspecified atom stereocenters. The number of anilines is 1. The van der Waals surface area contributed by atoms with Crippen LogP contribution in [0.25, 0.3) is 0 Å². The minimum atomic E-state index is -0.684. The zero-order valence-corrected chi connectivity index (χ0v) is 17.5. The summed E-state index contributed by atoms with van der Waals surface area (Å²) in [5.74, 6) is 0.0986. The van der Waals surface area contributed by atoms with E-state index in [0.717, 1.165) is 10.0 Å². The third kappa shape index (κ3) is 6.19. The Morgan fingerprint density at radius 3 is 2.24 bits per heavy atom. The molecule has 6 heteroatoms. The molecular weight excluding hydrogens is 432 g/mol. The lowest BCUT2D eigenvalue weighted by atomic mass is 10.2. The fourth-order valence-electron chi connectivity index (χ4n) is 2.60. The second kappa shape index (κ2) is 9.89. The van der Waals surface area contributed by atoms with E-state index < -0.39 is 6.10 Å². The summed E-state index contributed by atoms with van der Waals surface area (Å²) in [6, 6.07) is 23.7. The van der Waals surface area contributed by atoms with Crippen molar-refractivity contribution in [3.8, 4) is 5.75 Å². The number of rotatable bonds is 7. The second-order valence-electron chi connectivity index (χ2n) is 6.45. The normalized spacial score (nSPS) is 11.4. The number of hydrogen-bond donors (Lipinski definition) is 2. The molecule has 2 N–H and O–H groups in total. The van der Waals surface area contributed by atoms with Crippen molar-refractivity contribution in [2.24, 2.45) is 0 Å². The summed E-state index contributed by atoms with van der Waals surface area (Å²) in [5.41, 5.74) is 2.26. The van der Waals surface area contributed by atoms with Gasteiger partial charge in [0.25, 0.3) is 11.8 Å². The van der Waals surface area contributed by atoms with E-state index in [2.05, 4.69) is 26.6 Å². The molecule has 0 fully saturated rings. The highest BCUT2D eigenvalue weighted by atomic mass is 79.9. The minimum absolute atomic E-state index is 0.165. The first-order valence-electron chi connectivity index (χ1n) is 9.16. The van der Waals surface area contributed by atoms with Gasteiger partial charge in [0.05, 0.1) is 0 Å². The summed E-state index contributed by atoms with van der Waals surface area (Å²) in [6.45, 7) is 2.14. The largest absolute Gasteiger partial charge is 0.481 e. The van der Waals surface area contributed by atoms with Gasteiger partial charge >= 0.3 is 0 Å². The van der Waals surface area contributed by atoms with Gasteiger partial charge < -0.3 is 15.4 Å². The van der Waals surface area contributed by atoms with E-state index >= 15 is 0 Å². The van der Waals surface area contributed by atoms with E-state index in [1.807, 2.05) is 42.5 Å². The standard InChI is InChI=1S/C23H21BrN2O3/c1-16(22(27)26-20-11-9-19(24)10-12-20)29-21-13-7-18(8-14-21)23(28)25-15-17-5-3-2-4-6-17/h2-14,16H,15H2,1H3,(H,25,28)(H,26,27). The molecule has 148 valence electrons. The average Bonchev–Trinajstić information content (AvgIpc) is 2.75. The van der Waals surface area contributed by atoms with Gasteiger partial charge in [-0.2, -0.15) is 0 Å². The first kappa shape index (κ1) is 20.6. The molecule has 0 saturated heterocycles. The third-order valence-corrected chi connectivity index (χ3v) is 4.73. The molecule has 0 saturated carbocycles. The van der Waals surface area contributed by atoms with E-state index in [-0.39, 0.29) is 11.8 Å². The van der Waals surface area contributed by atoms with Crippen LogP contribution in [-0.2, 0) is 11.3 Å². The number of nitrogens with one attached hydrogen (secondary N) is 2. The molecule has 0 aliphatic rings. The summed E-state index contributed by atoms with van der Waals surface area (Å²) in [5, 5.41) is 5.68. The molecule has 3 aromatic carbocycles. The molecule has 3 aromatic rings. The van der Waals surface area contributed by atoms with Crippen LogP contribution in [0.3, 0.4) is 0 Å². The molecule has 1 atom stereocenters. The van der Waals surface area contributed by atoms with Crippen LogP contribution in [0, 0.1) is 0 Å². The summed E-state index contributed by atoms with van der Waals surface area (Å²) in [7, 11) is 0. The Kier molecular flexibility index (Phi) is 7.03. The lowest BCUT2D eigenvalue weighted by Gasteiger charge is -2.15. The fraction of sp³-hybridized carbons (Fsp3) is 0.130. The van der Waals surface area contributed by atoms with Crippen LogP contribution in [-0.4, -0.2) is 17.9 Å². The van der Waals surface area contributed by atoms with Crippen LogP contribution in [0.2, 0.25) is 0 Å². The summed E-state index contributed by atoms with van der Waals surface area (Å²) < 4.78 is 6.62. The Morgan fingerprint density at radius 2 is 1.59 bits per heavy atom. The molecule has 0 spiro atoms.